The van der Waals surface area contributed by atoms with Crippen molar-refractivity contribution in [3.63, 3.8) is 0 Å². The van der Waals surface area contributed by atoms with Crippen LogP contribution in [0.2, 0.25) is 0 Å². The Labute approximate surface area is 187 Å². The van der Waals surface area contributed by atoms with Crippen LogP contribution in [0.5, 0.6) is 5.88 Å². The van der Waals surface area contributed by atoms with Gasteiger partial charge in [-0.2, -0.15) is 15.0 Å². The number of aromatic nitrogens is 4. The number of ether oxygens (including phenoxy) is 2. The topological polar surface area (TPSA) is 99.4 Å². The molecule has 0 saturated carbocycles. The van der Waals surface area contributed by atoms with Crippen molar-refractivity contribution in [1.82, 2.24) is 24.9 Å². The van der Waals surface area contributed by atoms with E-state index in [0.717, 1.165) is 12.8 Å². The summed E-state index contributed by atoms with van der Waals surface area (Å²) >= 11 is 3.29. The number of pyridine rings is 1. The number of benzene rings is 1. The lowest BCUT2D eigenvalue weighted by Crippen LogP contribution is -2.44. The Bertz CT molecular complexity index is 1090. The van der Waals surface area contributed by atoms with Gasteiger partial charge >= 0.3 is 5.97 Å². The molecule has 0 N–H and O–H groups in total. The number of likely N-dealkylation sites (tertiary alicyclic amines) is 1. The highest BCUT2D eigenvalue weighted by Gasteiger charge is 2.28. The Morgan fingerprint density at radius 2 is 1.94 bits per heavy atom. The molecule has 9 nitrogen and oxygen atoms in total. The van der Waals surface area contributed by atoms with Crippen molar-refractivity contribution >= 4 is 27.8 Å². The third-order valence-corrected chi connectivity index (χ3v) is 5.59. The molecular formula is C21H20BrN5O4. The normalized spacial score (nSPS) is 16.1. The van der Waals surface area contributed by atoms with Crippen LogP contribution in [0.15, 0.2) is 53.4 Å². The van der Waals surface area contributed by atoms with Gasteiger partial charge in [0, 0.05) is 18.8 Å². The highest BCUT2D eigenvalue weighted by molar-refractivity contribution is 9.10. The Balaban J connectivity index is 1.50. The minimum absolute atomic E-state index is 0.111. The number of halogens is 1. The van der Waals surface area contributed by atoms with Crippen LogP contribution in [0.4, 0.5) is 0 Å². The smallest absolute Gasteiger partial charge is 0.339 e. The molecule has 160 valence electrons. The maximum absolute atomic E-state index is 13.3. The van der Waals surface area contributed by atoms with E-state index in [9.17, 15) is 9.59 Å². The lowest BCUT2D eigenvalue weighted by Gasteiger charge is -2.33. The number of carbonyl (C=O) groups excluding carboxylic acids is 2. The van der Waals surface area contributed by atoms with Crippen molar-refractivity contribution in [2.24, 2.45) is 0 Å². The molecule has 1 aliphatic heterocycles. The number of esters is 1. The molecule has 4 rings (SSSR count). The third kappa shape index (κ3) is 4.58. The van der Waals surface area contributed by atoms with E-state index in [1.54, 1.807) is 23.4 Å². The highest BCUT2D eigenvalue weighted by atomic mass is 79.9. The molecule has 1 aliphatic rings. The molecule has 1 atom stereocenters. The molecule has 3 heterocycles. The Morgan fingerprint density at radius 3 is 2.71 bits per heavy atom. The van der Waals surface area contributed by atoms with Crippen molar-refractivity contribution in [2.75, 3.05) is 20.2 Å². The Hall–Kier alpha value is -3.27. The molecule has 31 heavy (non-hydrogen) atoms. The first-order chi connectivity index (χ1) is 15.1. The number of hydrogen-bond donors (Lipinski definition) is 0. The summed E-state index contributed by atoms with van der Waals surface area (Å²) in [6.45, 7) is 1.03. The van der Waals surface area contributed by atoms with Gasteiger partial charge in [-0.3, -0.25) is 4.79 Å². The van der Waals surface area contributed by atoms with Gasteiger partial charge in [-0.1, -0.05) is 12.1 Å². The van der Waals surface area contributed by atoms with Gasteiger partial charge < -0.3 is 14.4 Å². The van der Waals surface area contributed by atoms with Gasteiger partial charge in [0.25, 0.3) is 5.91 Å². The van der Waals surface area contributed by atoms with Gasteiger partial charge in [0.2, 0.25) is 5.88 Å². The average molecular weight is 486 g/mol. The standard InChI is InChI=1S/C21H20BrN5O4/c1-30-21(29)16-11-19(23-12-17(16)22)31-14-5-4-10-26(13-14)20(28)15-6-2-3-7-18(15)27-24-8-9-25-27/h2-3,6-9,11-12,14H,4-5,10,13H2,1H3/t14-/m1/s1. The molecule has 0 bridgehead atoms. The molecule has 0 unspecified atom stereocenters. The monoisotopic (exact) mass is 485 g/mol. The number of hydrogen-bond acceptors (Lipinski definition) is 7. The van der Waals surface area contributed by atoms with Gasteiger partial charge in [0.1, 0.15) is 6.10 Å². The number of amides is 1. The van der Waals surface area contributed by atoms with Crippen LogP contribution in [0.1, 0.15) is 33.6 Å². The molecule has 10 heteroatoms. The van der Waals surface area contributed by atoms with Crippen molar-refractivity contribution < 1.29 is 19.1 Å². The van der Waals surface area contributed by atoms with Crippen LogP contribution in [0.25, 0.3) is 5.69 Å². The summed E-state index contributed by atoms with van der Waals surface area (Å²) in [7, 11) is 1.32. The maximum Gasteiger partial charge on any atom is 0.339 e. The zero-order valence-corrected chi connectivity index (χ0v) is 18.4. The van der Waals surface area contributed by atoms with Crippen molar-refractivity contribution in [1.29, 1.82) is 0 Å². The fraction of sp³-hybridized carbons (Fsp3) is 0.286. The summed E-state index contributed by atoms with van der Waals surface area (Å²) < 4.78 is 11.3. The first-order valence-electron chi connectivity index (χ1n) is 9.72. The summed E-state index contributed by atoms with van der Waals surface area (Å²) in [5.41, 5.74) is 1.48. The van der Waals surface area contributed by atoms with E-state index in [1.807, 2.05) is 18.2 Å². The van der Waals surface area contributed by atoms with Crippen LogP contribution < -0.4 is 4.74 Å². The van der Waals surface area contributed by atoms with Gasteiger partial charge in [-0.25, -0.2) is 9.78 Å². The summed E-state index contributed by atoms with van der Waals surface area (Å²) in [4.78, 5) is 32.6. The van der Waals surface area contributed by atoms with E-state index in [0.29, 0.717) is 40.3 Å². The largest absolute Gasteiger partial charge is 0.472 e. The van der Waals surface area contributed by atoms with Gasteiger partial charge in [-0.15, -0.1) is 0 Å². The molecule has 1 aromatic carbocycles. The summed E-state index contributed by atoms with van der Waals surface area (Å²) in [6, 6.07) is 8.78. The second kappa shape index (κ2) is 9.25. The SMILES string of the molecule is COC(=O)c1cc(O[C@@H]2CCCN(C(=O)c3ccccc3-n3nccn3)C2)ncc1Br. The number of rotatable bonds is 5. The molecule has 0 radical (unpaired) electrons. The van der Waals surface area contributed by atoms with Gasteiger partial charge in [0.05, 0.1) is 47.3 Å². The van der Waals surface area contributed by atoms with E-state index in [1.165, 1.54) is 24.2 Å². The molecule has 3 aromatic rings. The number of carbonyl (C=O) groups is 2. The second-order valence-electron chi connectivity index (χ2n) is 6.96. The van der Waals surface area contributed by atoms with Crippen LogP contribution in [0, 0.1) is 0 Å². The van der Waals surface area contributed by atoms with Crippen molar-refractivity contribution in [3.05, 3.63) is 64.5 Å². The molecule has 1 saturated heterocycles. The van der Waals surface area contributed by atoms with E-state index in [4.69, 9.17) is 9.47 Å². The van der Waals surface area contributed by atoms with E-state index < -0.39 is 5.97 Å². The fourth-order valence-electron chi connectivity index (χ4n) is 3.48. The lowest BCUT2D eigenvalue weighted by molar-refractivity contribution is 0.0526. The predicted octanol–water partition coefficient (Wildman–Crippen LogP) is 2.90. The minimum Gasteiger partial charge on any atom is -0.472 e. The van der Waals surface area contributed by atoms with E-state index in [-0.39, 0.29) is 12.0 Å². The predicted molar refractivity (Wildman–Crippen MR) is 114 cm³/mol. The molecule has 2 aromatic heterocycles. The number of piperidine rings is 1. The summed E-state index contributed by atoms with van der Waals surface area (Å²) in [5.74, 6) is -0.285. The Morgan fingerprint density at radius 1 is 1.16 bits per heavy atom. The molecule has 0 spiro atoms. The van der Waals surface area contributed by atoms with Gasteiger partial charge in [0.15, 0.2) is 0 Å². The average Bonchev–Trinajstić information content (AvgIpc) is 3.34. The van der Waals surface area contributed by atoms with E-state index in [2.05, 4.69) is 31.1 Å². The first-order valence-corrected chi connectivity index (χ1v) is 10.5. The molecule has 1 amide bonds. The minimum atomic E-state index is -0.483. The van der Waals surface area contributed by atoms with Crippen LogP contribution in [-0.4, -0.2) is 63.1 Å². The fourth-order valence-corrected chi connectivity index (χ4v) is 3.86. The summed E-state index contributed by atoms with van der Waals surface area (Å²) in [6.07, 6.45) is 5.96. The number of nitrogens with zero attached hydrogens (tertiary/aromatic N) is 5. The zero-order chi connectivity index (χ0) is 21.8. The lowest BCUT2D eigenvalue weighted by atomic mass is 10.1. The molecular weight excluding hydrogens is 466 g/mol. The first kappa shape index (κ1) is 21.0. The van der Waals surface area contributed by atoms with Crippen molar-refractivity contribution in [3.8, 4) is 11.6 Å². The van der Waals surface area contributed by atoms with Crippen molar-refractivity contribution in [2.45, 2.75) is 18.9 Å². The summed E-state index contributed by atoms with van der Waals surface area (Å²) in [5, 5.41) is 8.28. The van der Waals surface area contributed by atoms with Crippen LogP contribution >= 0.6 is 15.9 Å². The Kier molecular flexibility index (Phi) is 6.26. The highest BCUT2D eigenvalue weighted by Crippen LogP contribution is 2.24. The zero-order valence-electron chi connectivity index (χ0n) is 16.8. The van der Waals surface area contributed by atoms with Crippen LogP contribution in [-0.2, 0) is 4.74 Å². The van der Waals surface area contributed by atoms with E-state index >= 15 is 0 Å². The second-order valence-corrected chi connectivity index (χ2v) is 7.82. The maximum atomic E-state index is 13.3. The number of methoxy groups -OCH3 is 1. The molecule has 1 fully saturated rings. The third-order valence-electron chi connectivity index (χ3n) is 4.96. The van der Waals surface area contributed by atoms with Gasteiger partial charge in [-0.05, 0) is 40.9 Å². The molecule has 0 aliphatic carbocycles. The number of para-hydroxylation sites is 1. The quantitative estimate of drug-likeness (QED) is 0.512. The van der Waals surface area contributed by atoms with Crippen LogP contribution in [0.3, 0.4) is 0 Å².